The molecule has 1 fully saturated rings. The van der Waals surface area contributed by atoms with Crippen molar-refractivity contribution in [3.8, 4) is 5.88 Å². The Labute approximate surface area is 189 Å². The van der Waals surface area contributed by atoms with Gasteiger partial charge in [-0.2, -0.15) is 4.98 Å². The van der Waals surface area contributed by atoms with Gasteiger partial charge < -0.3 is 24.6 Å². The number of thiazole rings is 1. The van der Waals surface area contributed by atoms with Gasteiger partial charge in [-0.3, -0.25) is 4.79 Å². The van der Waals surface area contributed by atoms with E-state index < -0.39 is 17.9 Å². The minimum absolute atomic E-state index is 0.0469. The van der Waals surface area contributed by atoms with Crippen molar-refractivity contribution in [1.82, 2.24) is 19.4 Å². The Morgan fingerprint density at radius 3 is 2.94 bits per heavy atom. The first kappa shape index (κ1) is 22.2. The van der Waals surface area contributed by atoms with E-state index in [0.717, 1.165) is 10.4 Å². The number of ether oxygens (including phenoxy) is 1. The Kier molecular flexibility index (Phi) is 5.91. The maximum absolute atomic E-state index is 14.7. The van der Waals surface area contributed by atoms with Crippen molar-refractivity contribution in [2.24, 2.45) is 0 Å². The molecule has 1 amide bonds. The van der Waals surface area contributed by atoms with Crippen LogP contribution in [0.2, 0.25) is 0 Å². The second-order valence-corrected chi connectivity index (χ2v) is 9.76. The van der Waals surface area contributed by atoms with Gasteiger partial charge in [-0.1, -0.05) is 6.58 Å². The molecule has 3 aromatic rings. The number of nitrogens with zero attached hydrogens (tertiary/aromatic N) is 4. The molecule has 4 heterocycles. The summed E-state index contributed by atoms with van der Waals surface area (Å²) in [5, 5.41) is 14.9. The summed E-state index contributed by atoms with van der Waals surface area (Å²) >= 11 is 1.49. The lowest BCUT2D eigenvalue weighted by molar-refractivity contribution is -0.125. The van der Waals surface area contributed by atoms with Crippen molar-refractivity contribution >= 4 is 39.1 Å². The number of carbonyl (C=O) groups is 1. The van der Waals surface area contributed by atoms with Gasteiger partial charge in [-0.25, -0.2) is 9.37 Å². The first-order valence-corrected chi connectivity index (χ1v) is 11.1. The van der Waals surface area contributed by atoms with Crippen molar-refractivity contribution in [2.45, 2.75) is 45.2 Å². The number of aliphatic hydroxyl groups is 1. The Morgan fingerprint density at radius 2 is 2.28 bits per heavy atom. The Morgan fingerprint density at radius 1 is 1.50 bits per heavy atom. The third kappa shape index (κ3) is 4.76. The van der Waals surface area contributed by atoms with Crippen molar-refractivity contribution in [3.63, 3.8) is 0 Å². The standard InChI is InChI=1S/C22H26FN5O3S/c1-5-19(29)28-10-15(23)17(11-28)31-20-14-6-7-27(12-22(3,4)30)16(14)8-18(25-20)26-21-24-9-13(2)32-21/h5-9,15,17,30H,1,10-12H2,2-4H3,(H,24,25,26)/t15-,17+/m0/s1. The molecule has 0 spiro atoms. The maximum atomic E-state index is 14.7. The number of hydrogen-bond acceptors (Lipinski definition) is 7. The van der Waals surface area contributed by atoms with Crippen LogP contribution >= 0.6 is 11.3 Å². The molecule has 170 valence electrons. The van der Waals surface area contributed by atoms with Gasteiger partial charge in [-0.05, 0) is 32.9 Å². The van der Waals surface area contributed by atoms with E-state index in [1.54, 1.807) is 20.0 Å². The minimum Gasteiger partial charge on any atom is -0.469 e. The average molecular weight is 460 g/mol. The number of amides is 1. The lowest BCUT2D eigenvalue weighted by Gasteiger charge is -2.20. The van der Waals surface area contributed by atoms with Crippen LogP contribution < -0.4 is 10.1 Å². The van der Waals surface area contributed by atoms with E-state index >= 15 is 0 Å². The zero-order valence-corrected chi connectivity index (χ0v) is 19.0. The Hall–Kier alpha value is -2.98. The highest BCUT2D eigenvalue weighted by molar-refractivity contribution is 7.15. The SMILES string of the molecule is C=CC(=O)N1C[C@H](F)[C@H](Oc2nc(Nc3ncc(C)s3)cc3c2ccn3CC(C)(C)O)C1. The Balaban J connectivity index is 1.69. The monoisotopic (exact) mass is 459 g/mol. The number of likely N-dealkylation sites (tertiary alicyclic amines) is 1. The fraction of sp³-hybridized carbons (Fsp3) is 0.409. The normalized spacial score (nSPS) is 18.8. The number of nitrogens with one attached hydrogen (secondary N) is 1. The molecule has 3 aromatic heterocycles. The van der Waals surface area contributed by atoms with Gasteiger partial charge in [0.1, 0.15) is 5.82 Å². The first-order chi connectivity index (χ1) is 15.1. The molecule has 0 radical (unpaired) electrons. The fourth-order valence-electron chi connectivity index (χ4n) is 3.69. The van der Waals surface area contributed by atoms with Crippen LogP contribution in [0.1, 0.15) is 18.7 Å². The molecule has 1 aliphatic rings. The summed E-state index contributed by atoms with van der Waals surface area (Å²) in [5.74, 6) is 0.418. The molecule has 32 heavy (non-hydrogen) atoms. The highest BCUT2D eigenvalue weighted by Gasteiger charge is 2.37. The van der Waals surface area contributed by atoms with Gasteiger partial charge in [-0.15, -0.1) is 11.3 Å². The van der Waals surface area contributed by atoms with E-state index in [-0.39, 0.29) is 24.9 Å². The zero-order valence-electron chi connectivity index (χ0n) is 18.2. The number of pyridine rings is 1. The molecule has 0 bridgehead atoms. The molecule has 0 unspecified atom stereocenters. The van der Waals surface area contributed by atoms with E-state index in [9.17, 15) is 14.3 Å². The van der Waals surface area contributed by atoms with Crippen LogP contribution in [0.25, 0.3) is 10.9 Å². The first-order valence-electron chi connectivity index (χ1n) is 10.3. The van der Waals surface area contributed by atoms with E-state index in [2.05, 4.69) is 21.9 Å². The number of aromatic nitrogens is 3. The fourth-order valence-corrected chi connectivity index (χ4v) is 4.36. The second-order valence-electron chi connectivity index (χ2n) is 8.52. The smallest absolute Gasteiger partial charge is 0.246 e. The van der Waals surface area contributed by atoms with E-state index in [1.807, 2.05) is 29.8 Å². The predicted octanol–water partition coefficient (Wildman–Crippen LogP) is 3.43. The van der Waals surface area contributed by atoms with Crippen LogP contribution in [-0.2, 0) is 11.3 Å². The maximum Gasteiger partial charge on any atom is 0.246 e. The summed E-state index contributed by atoms with van der Waals surface area (Å²) in [6, 6.07) is 3.68. The van der Waals surface area contributed by atoms with Gasteiger partial charge in [0.2, 0.25) is 11.8 Å². The largest absolute Gasteiger partial charge is 0.469 e. The highest BCUT2D eigenvalue weighted by atomic mass is 32.1. The summed E-state index contributed by atoms with van der Waals surface area (Å²) in [5.41, 5.74) is -0.155. The number of rotatable bonds is 7. The van der Waals surface area contributed by atoms with Crippen LogP contribution in [0.15, 0.2) is 37.2 Å². The molecule has 8 nitrogen and oxygen atoms in total. The van der Waals surface area contributed by atoms with Crippen LogP contribution in [0.4, 0.5) is 15.3 Å². The van der Waals surface area contributed by atoms with E-state index in [4.69, 9.17) is 4.74 Å². The van der Waals surface area contributed by atoms with Gasteiger partial charge in [0, 0.05) is 23.3 Å². The number of anilines is 2. The molecular formula is C22H26FN5O3S. The number of halogens is 1. The molecule has 0 saturated carbocycles. The number of alkyl halides is 1. The zero-order chi connectivity index (χ0) is 23.0. The van der Waals surface area contributed by atoms with Crippen LogP contribution in [-0.4, -0.2) is 61.4 Å². The predicted molar refractivity (Wildman–Crippen MR) is 122 cm³/mol. The van der Waals surface area contributed by atoms with Gasteiger partial charge in [0.05, 0.1) is 36.1 Å². The molecule has 4 rings (SSSR count). The van der Waals surface area contributed by atoms with Crippen LogP contribution in [0.5, 0.6) is 5.88 Å². The number of carbonyl (C=O) groups excluding carboxylic acids is 1. The van der Waals surface area contributed by atoms with Gasteiger partial charge in [0.15, 0.2) is 17.4 Å². The minimum atomic E-state index is -1.34. The third-order valence-electron chi connectivity index (χ3n) is 5.09. The quantitative estimate of drug-likeness (QED) is 0.526. The average Bonchev–Trinajstić information content (AvgIpc) is 3.40. The number of hydrogen-bond donors (Lipinski definition) is 2. The lowest BCUT2D eigenvalue weighted by atomic mass is 10.1. The van der Waals surface area contributed by atoms with Gasteiger partial charge >= 0.3 is 0 Å². The van der Waals surface area contributed by atoms with Crippen molar-refractivity contribution in [2.75, 3.05) is 18.4 Å². The molecule has 1 saturated heterocycles. The van der Waals surface area contributed by atoms with Crippen LogP contribution in [0, 0.1) is 6.92 Å². The highest BCUT2D eigenvalue weighted by Crippen LogP contribution is 2.32. The summed E-state index contributed by atoms with van der Waals surface area (Å²) in [7, 11) is 0. The summed E-state index contributed by atoms with van der Waals surface area (Å²) in [6.07, 6.45) is 2.58. The topological polar surface area (TPSA) is 92.5 Å². The molecular weight excluding hydrogens is 433 g/mol. The Bertz CT molecular complexity index is 1150. The number of fused-ring (bicyclic) bond motifs is 1. The lowest BCUT2D eigenvalue weighted by Crippen LogP contribution is -2.30. The number of aryl methyl sites for hydroxylation is 1. The van der Waals surface area contributed by atoms with Crippen molar-refractivity contribution in [1.29, 1.82) is 0 Å². The van der Waals surface area contributed by atoms with Crippen molar-refractivity contribution < 1.29 is 19.0 Å². The third-order valence-corrected chi connectivity index (χ3v) is 5.92. The molecule has 1 aliphatic heterocycles. The molecule has 0 aliphatic carbocycles. The van der Waals surface area contributed by atoms with Gasteiger partial charge in [0.25, 0.3) is 0 Å². The summed E-state index contributed by atoms with van der Waals surface area (Å²) in [4.78, 5) is 23.2. The molecule has 2 N–H and O–H groups in total. The van der Waals surface area contributed by atoms with Crippen molar-refractivity contribution in [3.05, 3.63) is 42.1 Å². The van der Waals surface area contributed by atoms with E-state index in [1.165, 1.54) is 22.3 Å². The second kappa shape index (κ2) is 8.51. The van der Waals surface area contributed by atoms with Crippen LogP contribution in [0.3, 0.4) is 0 Å². The summed E-state index contributed by atoms with van der Waals surface area (Å²) in [6.45, 7) is 9.30. The molecule has 2 atom stereocenters. The summed E-state index contributed by atoms with van der Waals surface area (Å²) < 4.78 is 22.6. The molecule has 0 aromatic carbocycles. The molecule has 10 heteroatoms. The van der Waals surface area contributed by atoms with E-state index in [0.29, 0.717) is 22.9 Å².